The summed E-state index contributed by atoms with van der Waals surface area (Å²) in [6, 6.07) is 13.8. The van der Waals surface area contributed by atoms with E-state index in [1.807, 2.05) is 6.07 Å². The predicted molar refractivity (Wildman–Crippen MR) is 161 cm³/mol. The number of nitrogens with one attached hydrogen (secondary N) is 2. The number of hydrogen-bond acceptors (Lipinski definition) is 6. The second-order valence-corrected chi connectivity index (χ2v) is 8.70. The molecule has 4 N–H and O–H groups in total. The number of aliphatic hydroxyl groups excluding tert-OH is 1. The molecule has 0 spiro atoms. The predicted octanol–water partition coefficient (Wildman–Crippen LogP) is 3.04. The summed E-state index contributed by atoms with van der Waals surface area (Å²) in [5, 5.41) is 19.1. The van der Waals surface area contributed by atoms with Gasteiger partial charge in [-0.25, -0.2) is 0 Å². The molecule has 1 aliphatic heterocycles. The average molecular weight is 577 g/mol. The number of H-pyrrole nitrogens is 1. The molecular formula is C31H36N4O7. The molecule has 11 heteroatoms. The first-order valence-corrected chi connectivity index (χ1v) is 12.8. The Morgan fingerprint density at radius 3 is 2.07 bits per heavy atom. The Morgan fingerprint density at radius 2 is 1.50 bits per heavy atom. The number of carboxylic acids is 1. The van der Waals surface area contributed by atoms with Gasteiger partial charge in [0, 0.05) is 56.9 Å². The van der Waals surface area contributed by atoms with Crippen LogP contribution in [0.1, 0.15) is 34.1 Å². The molecule has 1 aromatic heterocycles. The third kappa shape index (κ3) is 8.64. The summed E-state index contributed by atoms with van der Waals surface area (Å²) in [6.07, 6.45) is 9.23. The maximum absolute atomic E-state index is 13.1. The average Bonchev–Trinajstić information content (AvgIpc) is 3.48. The van der Waals surface area contributed by atoms with E-state index < -0.39 is 29.5 Å². The van der Waals surface area contributed by atoms with Gasteiger partial charge in [-0.15, -0.1) is 26.0 Å². The lowest BCUT2D eigenvalue weighted by Crippen LogP contribution is -2.52. The van der Waals surface area contributed by atoms with E-state index in [4.69, 9.17) is 10.2 Å². The van der Waals surface area contributed by atoms with Crippen LogP contribution in [0.3, 0.4) is 0 Å². The van der Waals surface area contributed by atoms with E-state index in [1.54, 1.807) is 47.4 Å². The summed E-state index contributed by atoms with van der Waals surface area (Å²) < 4.78 is 0. The van der Waals surface area contributed by atoms with Crippen molar-refractivity contribution >= 4 is 46.1 Å². The van der Waals surface area contributed by atoms with E-state index in [9.17, 15) is 24.0 Å². The largest absolute Gasteiger partial charge is 0.481 e. The second-order valence-electron chi connectivity index (χ2n) is 8.70. The highest BCUT2D eigenvalue weighted by molar-refractivity contribution is 6.45. The molecule has 4 rings (SSSR count). The number of fused-ring (bicyclic) bond motifs is 1. The van der Waals surface area contributed by atoms with Gasteiger partial charge >= 0.3 is 5.97 Å². The zero-order valence-corrected chi connectivity index (χ0v) is 23.7. The zero-order chi connectivity index (χ0) is 31.8. The molecule has 0 unspecified atom stereocenters. The van der Waals surface area contributed by atoms with Crippen LogP contribution in [0.25, 0.3) is 10.9 Å². The number of terminal acetylenes is 1. The lowest BCUT2D eigenvalue weighted by Gasteiger charge is -2.34. The van der Waals surface area contributed by atoms with Crippen molar-refractivity contribution in [3.63, 3.8) is 0 Å². The van der Waals surface area contributed by atoms with Crippen LogP contribution >= 0.6 is 0 Å². The van der Waals surface area contributed by atoms with E-state index >= 15 is 0 Å². The lowest BCUT2D eigenvalue weighted by atomic mass is 10.1. The first-order valence-electron chi connectivity index (χ1n) is 12.8. The zero-order valence-electron chi connectivity index (χ0n) is 23.7. The molecule has 0 aliphatic carbocycles. The Labute approximate surface area is 244 Å². The summed E-state index contributed by atoms with van der Waals surface area (Å²) in [7, 11) is 1.00. The fourth-order valence-electron chi connectivity index (χ4n) is 4.15. The van der Waals surface area contributed by atoms with Crippen LogP contribution in [0, 0.1) is 18.8 Å². The number of nitrogens with zero attached hydrogens (tertiary/aromatic N) is 2. The van der Waals surface area contributed by atoms with Gasteiger partial charge in [-0.2, -0.15) is 0 Å². The van der Waals surface area contributed by atoms with Gasteiger partial charge in [0.05, 0.1) is 22.7 Å². The summed E-state index contributed by atoms with van der Waals surface area (Å²) >= 11 is 0. The number of para-hydroxylation sites is 1. The van der Waals surface area contributed by atoms with Gasteiger partial charge < -0.3 is 30.3 Å². The monoisotopic (exact) mass is 576 g/mol. The number of rotatable bonds is 7. The van der Waals surface area contributed by atoms with Crippen LogP contribution in [0.4, 0.5) is 5.69 Å². The number of Topliss-reactive ketones (excluding diaryl/α,β-unsaturated/α-hetero) is 1. The van der Waals surface area contributed by atoms with Crippen molar-refractivity contribution in [2.24, 2.45) is 5.92 Å². The number of carbonyl (C=O) groups is 5. The molecule has 2 aromatic carbocycles. The molecule has 11 nitrogen and oxygen atoms in total. The number of aromatic amines is 1. The molecule has 3 aromatic rings. The van der Waals surface area contributed by atoms with Crippen LogP contribution in [-0.4, -0.2) is 87.8 Å². The maximum atomic E-state index is 13.1. The van der Waals surface area contributed by atoms with Crippen LogP contribution in [0.5, 0.6) is 0 Å². The van der Waals surface area contributed by atoms with Crippen molar-refractivity contribution in [3.05, 3.63) is 79.0 Å². The van der Waals surface area contributed by atoms with Crippen LogP contribution < -0.4 is 5.32 Å². The van der Waals surface area contributed by atoms with Crippen LogP contribution in [-0.2, 0) is 14.4 Å². The van der Waals surface area contributed by atoms with E-state index in [0.717, 1.165) is 7.11 Å². The van der Waals surface area contributed by atoms with E-state index in [-0.39, 0.29) is 31.0 Å². The Balaban J connectivity index is 0.00000138. The quantitative estimate of drug-likeness (QED) is 0.146. The number of piperazine rings is 1. The molecule has 2 heterocycles. The summed E-state index contributed by atoms with van der Waals surface area (Å²) in [4.78, 5) is 68.0. The van der Waals surface area contributed by atoms with Crippen molar-refractivity contribution in [1.82, 2.24) is 14.8 Å². The number of carbonyl (C=O) groups excluding carboxylic acids is 4. The highest BCUT2D eigenvalue weighted by atomic mass is 16.4. The normalized spacial score (nSPS) is 12.6. The molecule has 3 amide bonds. The van der Waals surface area contributed by atoms with Crippen LogP contribution in [0.15, 0.2) is 67.9 Å². The number of amides is 3. The molecule has 1 atom stereocenters. The lowest BCUT2D eigenvalue weighted by molar-refractivity contribution is -0.142. The summed E-state index contributed by atoms with van der Waals surface area (Å²) in [5.41, 5.74) is 1.60. The Kier molecular flexibility index (Phi) is 14.5. The highest BCUT2D eigenvalue weighted by Gasteiger charge is 2.30. The van der Waals surface area contributed by atoms with Crippen molar-refractivity contribution in [2.75, 3.05) is 38.6 Å². The van der Waals surface area contributed by atoms with Crippen molar-refractivity contribution in [3.8, 4) is 12.8 Å². The number of aromatic nitrogens is 1. The minimum Gasteiger partial charge on any atom is -0.481 e. The molecule has 0 saturated carbocycles. The number of ketones is 1. The fraction of sp³-hybridized carbons (Fsp3) is 0.258. The summed E-state index contributed by atoms with van der Waals surface area (Å²) in [5.74, 6) is -3.85. The minimum atomic E-state index is -1.07. The molecular weight excluding hydrogens is 540 g/mol. The van der Waals surface area contributed by atoms with Gasteiger partial charge in [-0.3, -0.25) is 24.0 Å². The number of aliphatic hydroxyl groups is 1. The van der Waals surface area contributed by atoms with E-state index in [2.05, 4.69) is 36.3 Å². The Bertz CT molecular complexity index is 1390. The molecule has 0 radical (unpaired) electrons. The highest BCUT2D eigenvalue weighted by Crippen LogP contribution is 2.27. The van der Waals surface area contributed by atoms with Crippen molar-refractivity contribution < 1.29 is 34.2 Å². The Morgan fingerprint density at radius 1 is 0.929 bits per heavy atom. The van der Waals surface area contributed by atoms with Gasteiger partial charge in [0.25, 0.3) is 17.6 Å². The van der Waals surface area contributed by atoms with Gasteiger partial charge in [-0.1, -0.05) is 37.3 Å². The number of hydrogen-bond donors (Lipinski definition) is 4. The first kappa shape index (κ1) is 34.8. The third-order valence-electron chi connectivity index (χ3n) is 6.22. The first-order chi connectivity index (χ1) is 20.3. The molecule has 222 valence electrons. The van der Waals surface area contributed by atoms with Gasteiger partial charge in [0.1, 0.15) is 0 Å². The van der Waals surface area contributed by atoms with E-state index in [1.165, 1.54) is 18.0 Å². The minimum absolute atomic E-state index is 0.113. The topological polar surface area (TPSA) is 160 Å². The molecule has 0 bridgehead atoms. The number of benzene rings is 2. The van der Waals surface area contributed by atoms with Crippen LogP contribution in [0.2, 0.25) is 0 Å². The molecule has 1 aliphatic rings. The molecule has 42 heavy (non-hydrogen) atoms. The van der Waals surface area contributed by atoms with E-state index in [0.29, 0.717) is 35.2 Å². The Hall–Kier alpha value is -5.21. The van der Waals surface area contributed by atoms with Crippen molar-refractivity contribution in [2.45, 2.75) is 13.3 Å². The standard InChI is InChI=1S/C26H26N4O6.C2H4.C2H2.CH4O/c1-16(26(35)36)14-21(31)28-20-9-5-8-18-19(15-27-22(18)20)23(32)25(34)30-12-10-29(11-13-30)24(33)17-6-3-2-4-7-17;3*1-2/h2-9,15-16,27H,10-14H2,1H3,(H,28,31)(H,35,36);1-2H2;1-2H;2H,1H3/t16-;;;/m0.../s1. The smallest absolute Gasteiger partial charge is 0.306 e. The third-order valence-corrected chi connectivity index (χ3v) is 6.22. The second kappa shape index (κ2) is 17.5. The summed E-state index contributed by atoms with van der Waals surface area (Å²) in [6.45, 7) is 8.58. The van der Waals surface area contributed by atoms with Gasteiger partial charge in [-0.05, 0) is 18.2 Å². The molecule has 1 fully saturated rings. The maximum Gasteiger partial charge on any atom is 0.306 e. The molecule has 1 saturated heterocycles. The van der Waals surface area contributed by atoms with Crippen molar-refractivity contribution in [1.29, 1.82) is 0 Å². The number of carboxylic acid groups (broad SMARTS) is 1. The van der Waals surface area contributed by atoms with Gasteiger partial charge in [0.15, 0.2) is 0 Å². The van der Waals surface area contributed by atoms with Gasteiger partial charge in [0.2, 0.25) is 5.91 Å². The number of aliphatic carboxylic acids is 1. The SMILES string of the molecule is C#C.C=C.CO.C[C@@H](CC(=O)Nc1cccc2c(C(=O)C(=O)N3CCN(C(=O)c4ccccc4)CC3)c[nH]c12)C(=O)O. The number of anilines is 1. The fourth-order valence-corrected chi connectivity index (χ4v) is 4.15.